The summed E-state index contributed by atoms with van der Waals surface area (Å²) in [5.41, 5.74) is 1.04. The third-order valence-corrected chi connectivity index (χ3v) is 3.54. The first-order valence-corrected chi connectivity index (χ1v) is 7.76. The number of carbonyl (C=O) groups excluding carboxylic acids is 1. The normalized spacial score (nSPS) is 11.0. The van der Waals surface area contributed by atoms with Gasteiger partial charge >= 0.3 is 0 Å². The van der Waals surface area contributed by atoms with Crippen LogP contribution in [0.2, 0.25) is 5.02 Å². The zero-order valence-electron chi connectivity index (χ0n) is 14.1. The van der Waals surface area contributed by atoms with Gasteiger partial charge in [-0.05, 0) is 11.6 Å². The van der Waals surface area contributed by atoms with Crippen molar-refractivity contribution in [1.82, 2.24) is 15.5 Å². The minimum absolute atomic E-state index is 0. The lowest BCUT2D eigenvalue weighted by molar-refractivity contribution is -0.123. The molecule has 1 rings (SSSR count). The standard InChI is InChI=1S/C16H25ClN4O.HI/c1-12(2)15(22)19-9-10-20-16(18-3)21(4)11-13-7-5-6-8-14(13)17;/h5-8,12H,9-11H2,1-4H3,(H,18,20)(H,19,22);1H. The summed E-state index contributed by atoms with van der Waals surface area (Å²) >= 11 is 6.17. The first kappa shape index (κ1) is 22.0. The van der Waals surface area contributed by atoms with Crippen molar-refractivity contribution in [2.24, 2.45) is 10.9 Å². The van der Waals surface area contributed by atoms with E-state index >= 15 is 0 Å². The molecule has 0 aliphatic heterocycles. The van der Waals surface area contributed by atoms with Crippen molar-refractivity contribution in [3.8, 4) is 0 Å². The van der Waals surface area contributed by atoms with E-state index in [2.05, 4.69) is 15.6 Å². The van der Waals surface area contributed by atoms with Gasteiger partial charge in [-0.1, -0.05) is 43.6 Å². The number of benzene rings is 1. The van der Waals surface area contributed by atoms with E-state index in [1.807, 2.05) is 50.1 Å². The number of aliphatic imine (C=N–C) groups is 1. The van der Waals surface area contributed by atoms with E-state index in [-0.39, 0.29) is 35.8 Å². The SMILES string of the molecule is CN=C(NCCNC(=O)C(C)C)N(C)Cc1ccccc1Cl.I. The average Bonchev–Trinajstić information content (AvgIpc) is 2.49. The molecular formula is C16H26ClIN4O. The van der Waals surface area contributed by atoms with Gasteiger partial charge in [-0.3, -0.25) is 9.79 Å². The van der Waals surface area contributed by atoms with Crippen LogP contribution in [0.15, 0.2) is 29.3 Å². The van der Waals surface area contributed by atoms with Crippen LogP contribution in [0.1, 0.15) is 19.4 Å². The van der Waals surface area contributed by atoms with E-state index < -0.39 is 0 Å². The Kier molecular flexibility index (Phi) is 11.0. The van der Waals surface area contributed by atoms with Gasteiger partial charge in [-0.25, -0.2) is 0 Å². The molecule has 0 atom stereocenters. The molecule has 7 heteroatoms. The molecule has 23 heavy (non-hydrogen) atoms. The van der Waals surface area contributed by atoms with Gasteiger partial charge in [0.15, 0.2) is 5.96 Å². The molecular weight excluding hydrogens is 427 g/mol. The fraction of sp³-hybridized carbons (Fsp3) is 0.500. The van der Waals surface area contributed by atoms with Crippen LogP contribution in [0.3, 0.4) is 0 Å². The molecule has 0 aromatic heterocycles. The number of hydrogen-bond donors (Lipinski definition) is 2. The van der Waals surface area contributed by atoms with Crippen molar-refractivity contribution >= 4 is 47.4 Å². The van der Waals surface area contributed by atoms with E-state index in [0.29, 0.717) is 19.6 Å². The van der Waals surface area contributed by atoms with Crippen LogP contribution in [0.5, 0.6) is 0 Å². The number of carbonyl (C=O) groups is 1. The van der Waals surface area contributed by atoms with Gasteiger partial charge in [0.2, 0.25) is 5.91 Å². The van der Waals surface area contributed by atoms with Gasteiger partial charge in [-0.15, -0.1) is 24.0 Å². The molecule has 0 saturated heterocycles. The van der Waals surface area contributed by atoms with E-state index in [0.717, 1.165) is 16.5 Å². The first-order chi connectivity index (χ1) is 10.5. The molecule has 1 amide bonds. The van der Waals surface area contributed by atoms with Gasteiger partial charge < -0.3 is 15.5 Å². The summed E-state index contributed by atoms with van der Waals surface area (Å²) in [5.74, 6) is 0.821. The molecule has 0 bridgehead atoms. The zero-order valence-corrected chi connectivity index (χ0v) is 17.2. The van der Waals surface area contributed by atoms with Gasteiger partial charge in [0.25, 0.3) is 0 Å². The molecule has 2 N–H and O–H groups in total. The Morgan fingerprint density at radius 1 is 1.26 bits per heavy atom. The smallest absolute Gasteiger partial charge is 0.222 e. The quantitative estimate of drug-likeness (QED) is 0.302. The third kappa shape index (κ3) is 7.87. The second-order valence-corrected chi connectivity index (χ2v) is 5.77. The summed E-state index contributed by atoms with van der Waals surface area (Å²) in [6.45, 7) is 5.60. The second-order valence-electron chi connectivity index (χ2n) is 5.37. The summed E-state index contributed by atoms with van der Waals surface area (Å²) < 4.78 is 0. The van der Waals surface area contributed by atoms with Crippen molar-refractivity contribution in [3.63, 3.8) is 0 Å². The first-order valence-electron chi connectivity index (χ1n) is 7.38. The van der Waals surface area contributed by atoms with Crippen molar-refractivity contribution in [1.29, 1.82) is 0 Å². The minimum atomic E-state index is 0. The monoisotopic (exact) mass is 452 g/mol. The van der Waals surface area contributed by atoms with E-state index in [1.165, 1.54) is 0 Å². The largest absolute Gasteiger partial charge is 0.354 e. The molecule has 1 aromatic carbocycles. The molecule has 130 valence electrons. The van der Waals surface area contributed by atoms with Gasteiger partial charge in [0.1, 0.15) is 0 Å². The molecule has 5 nitrogen and oxygen atoms in total. The molecule has 0 aliphatic carbocycles. The lowest BCUT2D eigenvalue weighted by Gasteiger charge is -2.22. The Balaban J connectivity index is 0.00000484. The number of nitrogens with one attached hydrogen (secondary N) is 2. The molecule has 0 radical (unpaired) electrons. The predicted octanol–water partition coefficient (Wildman–Crippen LogP) is 2.74. The lowest BCUT2D eigenvalue weighted by atomic mass is 10.2. The topological polar surface area (TPSA) is 56.7 Å². The van der Waals surface area contributed by atoms with Crippen LogP contribution in [-0.2, 0) is 11.3 Å². The summed E-state index contributed by atoms with van der Waals surface area (Å²) in [7, 11) is 3.68. The van der Waals surface area contributed by atoms with Crippen molar-refractivity contribution in [2.45, 2.75) is 20.4 Å². The molecule has 0 heterocycles. The van der Waals surface area contributed by atoms with Crippen molar-refractivity contribution in [3.05, 3.63) is 34.9 Å². The maximum Gasteiger partial charge on any atom is 0.222 e. The van der Waals surface area contributed by atoms with Gasteiger partial charge in [-0.2, -0.15) is 0 Å². The number of nitrogens with zero attached hydrogens (tertiary/aromatic N) is 2. The molecule has 0 spiro atoms. The molecule has 0 saturated carbocycles. The molecule has 0 aliphatic rings. The highest BCUT2D eigenvalue weighted by molar-refractivity contribution is 14.0. The number of halogens is 2. The second kappa shape index (κ2) is 11.5. The number of amides is 1. The summed E-state index contributed by atoms with van der Waals surface area (Å²) in [5, 5.41) is 6.83. The highest BCUT2D eigenvalue weighted by atomic mass is 127. The Hall–Kier alpha value is -1.02. The highest BCUT2D eigenvalue weighted by Gasteiger charge is 2.09. The van der Waals surface area contributed by atoms with Crippen LogP contribution in [-0.4, -0.2) is 44.0 Å². The minimum Gasteiger partial charge on any atom is -0.354 e. The van der Waals surface area contributed by atoms with Crippen LogP contribution in [0, 0.1) is 5.92 Å². The third-order valence-electron chi connectivity index (χ3n) is 3.17. The van der Waals surface area contributed by atoms with Crippen molar-refractivity contribution < 1.29 is 4.79 Å². The lowest BCUT2D eigenvalue weighted by Crippen LogP contribution is -2.42. The molecule has 0 fully saturated rings. The Morgan fingerprint density at radius 2 is 1.87 bits per heavy atom. The summed E-state index contributed by atoms with van der Waals surface area (Å²) in [4.78, 5) is 17.7. The molecule has 1 aromatic rings. The summed E-state index contributed by atoms with van der Waals surface area (Å²) in [6.07, 6.45) is 0. The van der Waals surface area contributed by atoms with Crippen LogP contribution < -0.4 is 10.6 Å². The van der Waals surface area contributed by atoms with Crippen LogP contribution in [0.4, 0.5) is 0 Å². The predicted molar refractivity (Wildman–Crippen MR) is 108 cm³/mol. The molecule has 0 unspecified atom stereocenters. The van der Waals surface area contributed by atoms with E-state index in [1.54, 1.807) is 7.05 Å². The fourth-order valence-electron chi connectivity index (χ4n) is 1.91. The van der Waals surface area contributed by atoms with Crippen molar-refractivity contribution in [2.75, 3.05) is 27.2 Å². The maximum absolute atomic E-state index is 11.5. The van der Waals surface area contributed by atoms with E-state index in [9.17, 15) is 4.79 Å². The Morgan fingerprint density at radius 3 is 2.43 bits per heavy atom. The number of hydrogen-bond acceptors (Lipinski definition) is 2. The van der Waals surface area contributed by atoms with Crippen LogP contribution in [0.25, 0.3) is 0 Å². The number of guanidine groups is 1. The fourth-order valence-corrected chi connectivity index (χ4v) is 2.10. The highest BCUT2D eigenvalue weighted by Crippen LogP contribution is 2.16. The Bertz CT molecular complexity index is 523. The maximum atomic E-state index is 11.5. The summed E-state index contributed by atoms with van der Waals surface area (Å²) in [6, 6.07) is 7.75. The van der Waals surface area contributed by atoms with Crippen LogP contribution >= 0.6 is 35.6 Å². The average molecular weight is 453 g/mol. The zero-order chi connectivity index (χ0) is 16.5. The van der Waals surface area contributed by atoms with Gasteiger partial charge in [0, 0.05) is 44.7 Å². The number of rotatable bonds is 6. The van der Waals surface area contributed by atoms with Gasteiger partial charge in [0.05, 0.1) is 0 Å². The van der Waals surface area contributed by atoms with E-state index in [4.69, 9.17) is 11.6 Å². The Labute approximate surface area is 160 Å².